The number of hydrogen-bond acceptors (Lipinski definition) is 3. The minimum absolute atomic E-state index is 0.0413. The lowest BCUT2D eigenvalue weighted by Gasteiger charge is -2.25. The first-order valence-electron chi connectivity index (χ1n) is 10.1. The predicted octanol–water partition coefficient (Wildman–Crippen LogP) is 6.37. The first-order chi connectivity index (χ1) is 15.8. The molecule has 0 radical (unpaired) electrons. The van der Waals surface area contributed by atoms with Gasteiger partial charge in [0.25, 0.3) is 0 Å². The lowest BCUT2D eigenvalue weighted by molar-refractivity contribution is -0.143. The van der Waals surface area contributed by atoms with Crippen LogP contribution in [0.1, 0.15) is 46.9 Å². The number of ether oxygens (including phenoxy) is 1. The lowest BCUT2D eigenvalue weighted by Crippen LogP contribution is -2.23. The van der Waals surface area contributed by atoms with Crippen molar-refractivity contribution in [3.63, 3.8) is 0 Å². The number of benzene rings is 2. The summed E-state index contributed by atoms with van der Waals surface area (Å²) in [6, 6.07) is 7.79. The van der Waals surface area contributed by atoms with E-state index >= 15 is 0 Å². The van der Waals surface area contributed by atoms with Crippen LogP contribution < -0.4 is 0 Å². The maximum Gasteiger partial charge on any atom is 0.416 e. The fraction of sp³-hybridized carbons (Fsp3) is 0.304. The van der Waals surface area contributed by atoms with Crippen LogP contribution in [0.15, 0.2) is 48.5 Å². The van der Waals surface area contributed by atoms with E-state index in [2.05, 4.69) is 0 Å². The van der Waals surface area contributed by atoms with Crippen LogP contribution in [-0.4, -0.2) is 20.9 Å². The molecule has 2 N–H and O–H groups in total. The molecule has 0 fully saturated rings. The Hall–Kier alpha value is -3.21. The lowest BCUT2D eigenvalue weighted by atomic mass is 9.92. The SMILES string of the molecule is C[C@@H](O[C@H]1Cn2c(cc(O)c2O)[C@@H]1c1ccc(F)cc1)c1cc(C(F)(F)F)cc(C(F)(F)F)c1. The van der Waals surface area contributed by atoms with Crippen molar-refractivity contribution >= 4 is 0 Å². The van der Waals surface area contributed by atoms with Gasteiger partial charge in [-0.15, -0.1) is 0 Å². The molecule has 0 saturated carbocycles. The molecule has 34 heavy (non-hydrogen) atoms. The Morgan fingerprint density at radius 1 is 0.912 bits per heavy atom. The molecule has 0 aliphatic carbocycles. The van der Waals surface area contributed by atoms with E-state index in [9.17, 15) is 40.9 Å². The molecule has 1 aliphatic heterocycles. The van der Waals surface area contributed by atoms with Gasteiger partial charge in [-0.05, 0) is 48.4 Å². The first kappa shape index (κ1) is 23.9. The van der Waals surface area contributed by atoms with Gasteiger partial charge in [-0.1, -0.05) is 12.1 Å². The minimum Gasteiger partial charge on any atom is -0.503 e. The van der Waals surface area contributed by atoms with Crippen molar-refractivity contribution in [1.82, 2.24) is 4.57 Å². The van der Waals surface area contributed by atoms with Gasteiger partial charge in [0, 0.05) is 11.8 Å². The van der Waals surface area contributed by atoms with E-state index in [0.29, 0.717) is 23.4 Å². The zero-order chi connectivity index (χ0) is 25.0. The molecule has 3 atom stereocenters. The summed E-state index contributed by atoms with van der Waals surface area (Å²) in [6.45, 7) is 1.28. The molecule has 2 heterocycles. The Kier molecular flexibility index (Phi) is 5.79. The van der Waals surface area contributed by atoms with Gasteiger partial charge in [0.1, 0.15) is 5.82 Å². The van der Waals surface area contributed by atoms with E-state index in [0.717, 1.165) is 0 Å². The summed E-state index contributed by atoms with van der Waals surface area (Å²) in [5.74, 6) is -2.05. The standard InChI is InChI=1S/C23H18F7NO3/c1-11(13-6-14(22(25,26)27)8-15(7-13)23(28,29)30)34-19-10-31-17(9-18(32)21(31)33)20(19)12-2-4-16(24)5-3-12/h2-9,11,19-20,32-33H,10H2,1H3/t11-,19+,20+/m1/s1. The zero-order valence-electron chi connectivity index (χ0n) is 17.5. The summed E-state index contributed by atoms with van der Waals surface area (Å²) in [5, 5.41) is 20.0. The molecule has 0 saturated heterocycles. The molecule has 0 unspecified atom stereocenters. The monoisotopic (exact) mass is 489 g/mol. The average molecular weight is 489 g/mol. The minimum atomic E-state index is -5.00. The number of aromatic nitrogens is 1. The molecule has 1 aromatic heterocycles. The maximum absolute atomic E-state index is 13.4. The van der Waals surface area contributed by atoms with Gasteiger partial charge in [0.2, 0.25) is 5.88 Å². The van der Waals surface area contributed by atoms with Crippen molar-refractivity contribution in [1.29, 1.82) is 0 Å². The van der Waals surface area contributed by atoms with Crippen molar-refractivity contribution in [2.24, 2.45) is 0 Å². The Labute approximate surface area is 188 Å². The topological polar surface area (TPSA) is 54.6 Å². The largest absolute Gasteiger partial charge is 0.503 e. The number of fused-ring (bicyclic) bond motifs is 1. The van der Waals surface area contributed by atoms with Gasteiger partial charge in [0.05, 0.1) is 35.8 Å². The number of rotatable bonds is 4. The molecule has 2 aromatic carbocycles. The number of aromatic hydroxyl groups is 2. The Balaban J connectivity index is 1.70. The highest BCUT2D eigenvalue weighted by atomic mass is 19.4. The van der Waals surface area contributed by atoms with Crippen LogP contribution in [0.2, 0.25) is 0 Å². The molecule has 0 spiro atoms. The molecular weight excluding hydrogens is 471 g/mol. The van der Waals surface area contributed by atoms with Crippen molar-refractivity contribution in [2.75, 3.05) is 0 Å². The molecule has 3 aromatic rings. The molecule has 182 valence electrons. The van der Waals surface area contributed by atoms with E-state index in [1.54, 1.807) is 0 Å². The van der Waals surface area contributed by atoms with E-state index in [-0.39, 0.29) is 18.2 Å². The first-order valence-corrected chi connectivity index (χ1v) is 10.1. The fourth-order valence-electron chi connectivity index (χ4n) is 4.20. The van der Waals surface area contributed by atoms with E-state index in [1.807, 2.05) is 0 Å². The van der Waals surface area contributed by atoms with Crippen molar-refractivity contribution in [3.05, 3.63) is 82.3 Å². The molecule has 0 bridgehead atoms. The maximum atomic E-state index is 13.4. The summed E-state index contributed by atoms with van der Waals surface area (Å²) < 4.78 is 100. The second-order valence-corrected chi connectivity index (χ2v) is 8.07. The van der Waals surface area contributed by atoms with Crippen molar-refractivity contribution in [2.45, 2.75) is 43.9 Å². The van der Waals surface area contributed by atoms with Crippen LogP contribution in [0.5, 0.6) is 11.6 Å². The van der Waals surface area contributed by atoms with Crippen LogP contribution in [0.4, 0.5) is 30.7 Å². The smallest absolute Gasteiger partial charge is 0.416 e. The van der Waals surface area contributed by atoms with Crippen LogP contribution in [0.25, 0.3) is 0 Å². The Morgan fingerprint density at radius 2 is 1.47 bits per heavy atom. The van der Waals surface area contributed by atoms with E-state index in [1.165, 1.54) is 41.8 Å². The number of nitrogens with zero attached hydrogens (tertiary/aromatic N) is 1. The summed E-state index contributed by atoms with van der Waals surface area (Å²) >= 11 is 0. The Bertz CT molecular complexity index is 1170. The van der Waals surface area contributed by atoms with Gasteiger partial charge in [-0.25, -0.2) is 4.39 Å². The van der Waals surface area contributed by atoms with Gasteiger partial charge >= 0.3 is 12.4 Å². The molecular formula is C23H18F7NO3. The fourth-order valence-corrected chi connectivity index (χ4v) is 4.20. The second kappa shape index (κ2) is 8.23. The molecule has 4 nitrogen and oxygen atoms in total. The van der Waals surface area contributed by atoms with Crippen LogP contribution in [0.3, 0.4) is 0 Å². The third kappa shape index (κ3) is 4.44. The van der Waals surface area contributed by atoms with Crippen LogP contribution in [-0.2, 0) is 23.6 Å². The third-order valence-electron chi connectivity index (χ3n) is 5.82. The summed E-state index contributed by atoms with van der Waals surface area (Å²) in [5.41, 5.74) is -2.32. The summed E-state index contributed by atoms with van der Waals surface area (Å²) in [7, 11) is 0. The highest BCUT2D eigenvalue weighted by molar-refractivity contribution is 5.45. The molecule has 0 amide bonds. The predicted molar refractivity (Wildman–Crippen MR) is 106 cm³/mol. The van der Waals surface area contributed by atoms with E-state index in [4.69, 9.17) is 4.74 Å². The number of hydrogen-bond donors (Lipinski definition) is 2. The number of alkyl halides is 6. The quantitative estimate of drug-likeness (QED) is 0.419. The molecule has 11 heteroatoms. The van der Waals surface area contributed by atoms with Crippen LogP contribution >= 0.6 is 0 Å². The highest BCUT2D eigenvalue weighted by Gasteiger charge is 2.40. The van der Waals surface area contributed by atoms with Crippen LogP contribution in [0, 0.1) is 5.82 Å². The van der Waals surface area contributed by atoms with E-state index < -0.39 is 59.1 Å². The van der Waals surface area contributed by atoms with Gasteiger partial charge < -0.3 is 19.5 Å². The zero-order valence-corrected chi connectivity index (χ0v) is 17.5. The molecule has 1 aliphatic rings. The Morgan fingerprint density at radius 3 is 2.00 bits per heavy atom. The van der Waals surface area contributed by atoms with Crippen molar-refractivity contribution < 1.29 is 45.7 Å². The van der Waals surface area contributed by atoms with Gasteiger partial charge in [0.15, 0.2) is 5.75 Å². The normalized spacial score (nSPS) is 19.3. The summed E-state index contributed by atoms with van der Waals surface area (Å²) in [4.78, 5) is 0. The van der Waals surface area contributed by atoms with Gasteiger partial charge in [-0.2, -0.15) is 26.3 Å². The average Bonchev–Trinajstić information content (AvgIpc) is 3.22. The van der Waals surface area contributed by atoms with Crippen molar-refractivity contribution in [3.8, 4) is 11.6 Å². The van der Waals surface area contributed by atoms with Gasteiger partial charge in [-0.3, -0.25) is 0 Å². The number of halogens is 7. The highest BCUT2D eigenvalue weighted by Crippen LogP contribution is 2.45. The molecule has 4 rings (SSSR count). The third-order valence-corrected chi connectivity index (χ3v) is 5.82. The summed E-state index contributed by atoms with van der Waals surface area (Å²) in [6.07, 6.45) is -12.0. The second-order valence-electron chi connectivity index (χ2n) is 8.07.